The van der Waals surface area contributed by atoms with E-state index in [9.17, 15) is 4.79 Å². The SMILES string of the molecule is CCCC(=O)c1ccn(CCc2cnn(C)c2)c1. The van der Waals surface area contributed by atoms with Gasteiger partial charge in [-0.3, -0.25) is 9.48 Å². The Labute approximate surface area is 107 Å². The minimum Gasteiger partial charge on any atom is -0.353 e. The van der Waals surface area contributed by atoms with Crippen molar-refractivity contribution in [1.82, 2.24) is 14.3 Å². The first-order valence-corrected chi connectivity index (χ1v) is 6.35. The molecule has 2 rings (SSSR count). The molecule has 2 heterocycles. The van der Waals surface area contributed by atoms with Crippen molar-refractivity contribution < 1.29 is 4.79 Å². The highest BCUT2D eigenvalue weighted by Crippen LogP contribution is 2.08. The Morgan fingerprint density at radius 3 is 2.89 bits per heavy atom. The van der Waals surface area contributed by atoms with Gasteiger partial charge in [0.1, 0.15) is 0 Å². The zero-order valence-corrected chi connectivity index (χ0v) is 11.0. The van der Waals surface area contributed by atoms with Crippen molar-refractivity contribution >= 4 is 5.78 Å². The summed E-state index contributed by atoms with van der Waals surface area (Å²) in [6.07, 6.45) is 10.3. The van der Waals surface area contributed by atoms with Gasteiger partial charge in [-0.15, -0.1) is 0 Å². The molecule has 0 atom stereocenters. The van der Waals surface area contributed by atoms with E-state index in [1.54, 1.807) is 4.68 Å². The van der Waals surface area contributed by atoms with Crippen molar-refractivity contribution in [2.75, 3.05) is 0 Å². The van der Waals surface area contributed by atoms with Crippen molar-refractivity contribution in [3.05, 3.63) is 42.0 Å². The number of aromatic nitrogens is 3. The molecule has 0 saturated heterocycles. The van der Waals surface area contributed by atoms with Crippen LogP contribution in [0.2, 0.25) is 0 Å². The minimum atomic E-state index is 0.234. The molecule has 4 nitrogen and oxygen atoms in total. The number of ketones is 1. The van der Waals surface area contributed by atoms with Crippen LogP contribution in [0.25, 0.3) is 0 Å². The quantitative estimate of drug-likeness (QED) is 0.733. The monoisotopic (exact) mass is 245 g/mol. The summed E-state index contributed by atoms with van der Waals surface area (Å²) in [6, 6.07) is 1.90. The molecule has 0 bridgehead atoms. The highest BCUT2D eigenvalue weighted by atomic mass is 16.1. The Morgan fingerprint density at radius 1 is 1.39 bits per heavy atom. The fraction of sp³-hybridized carbons (Fsp3) is 0.429. The molecule has 18 heavy (non-hydrogen) atoms. The molecule has 0 spiro atoms. The first kappa shape index (κ1) is 12.6. The molecule has 2 aromatic heterocycles. The Balaban J connectivity index is 1.92. The predicted octanol–water partition coefficient (Wildman–Crippen LogP) is 2.45. The van der Waals surface area contributed by atoms with E-state index < -0.39 is 0 Å². The summed E-state index contributed by atoms with van der Waals surface area (Å²) in [4.78, 5) is 11.7. The molecule has 96 valence electrons. The van der Waals surface area contributed by atoms with Crippen LogP contribution in [-0.4, -0.2) is 20.1 Å². The number of carbonyl (C=O) groups excluding carboxylic acids is 1. The second-order valence-corrected chi connectivity index (χ2v) is 4.58. The largest absolute Gasteiger partial charge is 0.353 e. The van der Waals surface area contributed by atoms with E-state index in [2.05, 4.69) is 9.67 Å². The average molecular weight is 245 g/mol. The lowest BCUT2D eigenvalue weighted by Gasteiger charge is -2.00. The second kappa shape index (κ2) is 5.67. The first-order valence-electron chi connectivity index (χ1n) is 6.35. The summed E-state index contributed by atoms with van der Waals surface area (Å²) in [5.41, 5.74) is 2.04. The zero-order valence-electron chi connectivity index (χ0n) is 11.0. The van der Waals surface area contributed by atoms with Crippen LogP contribution in [-0.2, 0) is 20.0 Å². The van der Waals surface area contributed by atoms with E-state index in [4.69, 9.17) is 0 Å². The molecule has 0 aliphatic carbocycles. The highest BCUT2D eigenvalue weighted by Gasteiger charge is 2.06. The lowest BCUT2D eigenvalue weighted by atomic mass is 10.1. The Hall–Kier alpha value is -1.84. The standard InChI is InChI=1S/C14H19N3O/c1-3-4-14(18)13-6-8-17(11-13)7-5-12-9-15-16(2)10-12/h6,8-11H,3-5,7H2,1-2H3. The maximum Gasteiger partial charge on any atom is 0.164 e. The van der Waals surface area contributed by atoms with E-state index in [0.717, 1.165) is 24.9 Å². The van der Waals surface area contributed by atoms with Gasteiger partial charge in [0.2, 0.25) is 0 Å². The van der Waals surface area contributed by atoms with Crippen molar-refractivity contribution in [2.24, 2.45) is 7.05 Å². The van der Waals surface area contributed by atoms with Crippen LogP contribution in [0.15, 0.2) is 30.9 Å². The lowest BCUT2D eigenvalue weighted by Crippen LogP contribution is -1.99. The molecule has 0 amide bonds. The van der Waals surface area contributed by atoms with Crippen molar-refractivity contribution in [2.45, 2.75) is 32.7 Å². The van der Waals surface area contributed by atoms with Gasteiger partial charge in [-0.25, -0.2) is 0 Å². The van der Waals surface area contributed by atoms with E-state index in [1.165, 1.54) is 5.56 Å². The molecule has 2 aromatic rings. The first-order chi connectivity index (χ1) is 8.69. The Morgan fingerprint density at radius 2 is 2.22 bits per heavy atom. The Kier molecular flexibility index (Phi) is 3.97. The van der Waals surface area contributed by atoms with Crippen LogP contribution in [0.3, 0.4) is 0 Å². The molecule has 0 aliphatic rings. The number of rotatable bonds is 6. The van der Waals surface area contributed by atoms with E-state index in [1.807, 2.05) is 44.8 Å². The van der Waals surface area contributed by atoms with Gasteiger partial charge in [-0.1, -0.05) is 6.92 Å². The number of nitrogens with zero attached hydrogens (tertiary/aromatic N) is 3. The van der Waals surface area contributed by atoms with Gasteiger partial charge in [-0.05, 0) is 24.5 Å². The number of Topliss-reactive ketones (excluding diaryl/α,β-unsaturated/α-hetero) is 1. The molecular formula is C14H19N3O. The van der Waals surface area contributed by atoms with E-state index >= 15 is 0 Å². The van der Waals surface area contributed by atoms with E-state index in [-0.39, 0.29) is 5.78 Å². The van der Waals surface area contributed by atoms with Crippen LogP contribution in [0.4, 0.5) is 0 Å². The summed E-state index contributed by atoms with van der Waals surface area (Å²) in [5, 5.41) is 4.14. The minimum absolute atomic E-state index is 0.234. The average Bonchev–Trinajstić information content (AvgIpc) is 2.95. The molecule has 0 N–H and O–H groups in total. The summed E-state index contributed by atoms with van der Waals surface area (Å²) in [6.45, 7) is 2.91. The lowest BCUT2D eigenvalue weighted by molar-refractivity contribution is 0.0981. The van der Waals surface area contributed by atoms with Gasteiger partial charge in [-0.2, -0.15) is 5.10 Å². The highest BCUT2D eigenvalue weighted by molar-refractivity contribution is 5.95. The van der Waals surface area contributed by atoms with Crippen LogP contribution in [0.5, 0.6) is 0 Å². The van der Waals surface area contributed by atoms with Gasteiger partial charge in [0.15, 0.2) is 5.78 Å². The molecule has 4 heteroatoms. The van der Waals surface area contributed by atoms with Crippen molar-refractivity contribution in [3.63, 3.8) is 0 Å². The molecular weight excluding hydrogens is 226 g/mol. The predicted molar refractivity (Wildman–Crippen MR) is 70.6 cm³/mol. The van der Waals surface area contributed by atoms with Crippen molar-refractivity contribution in [3.8, 4) is 0 Å². The maximum atomic E-state index is 11.7. The zero-order chi connectivity index (χ0) is 13.0. The summed E-state index contributed by atoms with van der Waals surface area (Å²) in [7, 11) is 1.92. The fourth-order valence-electron chi connectivity index (χ4n) is 1.98. The summed E-state index contributed by atoms with van der Waals surface area (Å²) < 4.78 is 3.87. The van der Waals surface area contributed by atoms with Crippen molar-refractivity contribution in [1.29, 1.82) is 0 Å². The summed E-state index contributed by atoms with van der Waals surface area (Å²) >= 11 is 0. The fourth-order valence-corrected chi connectivity index (χ4v) is 1.98. The third-order valence-corrected chi connectivity index (χ3v) is 2.97. The number of hydrogen-bond donors (Lipinski definition) is 0. The molecule has 0 radical (unpaired) electrons. The summed E-state index contributed by atoms with van der Waals surface area (Å²) in [5.74, 6) is 0.234. The van der Waals surface area contributed by atoms with E-state index in [0.29, 0.717) is 6.42 Å². The number of aryl methyl sites for hydroxylation is 3. The van der Waals surface area contributed by atoms with Crippen LogP contribution in [0.1, 0.15) is 35.7 Å². The third kappa shape index (κ3) is 3.09. The normalized spacial score (nSPS) is 10.8. The molecule has 0 aromatic carbocycles. The van der Waals surface area contributed by atoms with Crippen LogP contribution < -0.4 is 0 Å². The third-order valence-electron chi connectivity index (χ3n) is 2.97. The van der Waals surface area contributed by atoms with Gasteiger partial charge in [0.25, 0.3) is 0 Å². The topological polar surface area (TPSA) is 39.8 Å². The van der Waals surface area contributed by atoms with Gasteiger partial charge in [0.05, 0.1) is 6.20 Å². The number of hydrogen-bond acceptors (Lipinski definition) is 2. The smallest absolute Gasteiger partial charge is 0.164 e. The Bertz CT molecular complexity index is 525. The number of carbonyl (C=O) groups is 1. The van der Waals surface area contributed by atoms with Crippen LogP contribution >= 0.6 is 0 Å². The molecule has 0 aliphatic heterocycles. The maximum absolute atomic E-state index is 11.7. The van der Waals surface area contributed by atoms with Gasteiger partial charge < -0.3 is 4.57 Å². The molecule has 0 unspecified atom stereocenters. The second-order valence-electron chi connectivity index (χ2n) is 4.58. The molecule has 0 fully saturated rings. The van der Waals surface area contributed by atoms with Gasteiger partial charge in [0, 0.05) is 44.2 Å². The van der Waals surface area contributed by atoms with Gasteiger partial charge >= 0.3 is 0 Å². The molecule has 0 saturated carbocycles. The van der Waals surface area contributed by atoms with Crippen LogP contribution in [0, 0.1) is 0 Å².